The van der Waals surface area contributed by atoms with Gasteiger partial charge in [-0.15, -0.1) is 0 Å². The number of nitrogens with zero attached hydrogens (tertiary/aromatic N) is 1. The second kappa shape index (κ2) is 7.01. The Morgan fingerprint density at radius 2 is 2.40 bits per heavy atom. The van der Waals surface area contributed by atoms with Crippen LogP contribution >= 0.6 is 15.9 Å². The molecule has 1 unspecified atom stereocenters. The normalized spacial score (nSPS) is 18.9. The second-order valence-corrected chi connectivity index (χ2v) is 5.28. The topological polar surface area (TPSA) is 59.0 Å². The van der Waals surface area contributed by atoms with E-state index in [1.54, 1.807) is 6.07 Å². The van der Waals surface area contributed by atoms with Crippen molar-refractivity contribution >= 4 is 21.8 Å². The van der Waals surface area contributed by atoms with E-state index < -0.39 is 5.82 Å². The van der Waals surface area contributed by atoms with Gasteiger partial charge in [-0.2, -0.15) is 0 Å². The van der Waals surface area contributed by atoms with Gasteiger partial charge in [0.1, 0.15) is 0 Å². The Balaban J connectivity index is 1.94. The minimum absolute atomic E-state index is 0.0235. The number of hydrogen-bond donors (Lipinski definition) is 1. The van der Waals surface area contributed by atoms with Crippen LogP contribution < -0.4 is 4.74 Å². The van der Waals surface area contributed by atoms with Gasteiger partial charge < -0.3 is 19.5 Å². The maximum atomic E-state index is 13.5. The highest BCUT2D eigenvalue weighted by Crippen LogP contribution is 2.21. The first kappa shape index (κ1) is 15.2. The number of halogens is 2. The average molecular weight is 348 g/mol. The van der Waals surface area contributed by atoms with Crippen molar-refractivity contribution < 1.29 is 23.8 Å². The van der Waals surface area contributed by atoms with Crippen molar-refractivity contribution in [3.05, 3.63) is 28.5 Å². The standard InChI is InChI=1S/C13H15BrFNO4/c14-9-1-2-12(11(15)5-9)20-8-13(18)16-3-4-19-7-10(16)6-17/h1-2,5,10,17H,3-4,6-8H2. The molecule has 0 aromatic heterocycles. The average Bonchev–Trinajstić information content (AvgIpc) is 2.46. The largest absolute Gasteiger partial charge is 0.481 e. The van der Waals surface area contributed by atoms with Crippen LogP contribution in [0.25, 0.3) is 0 Å². The molecule has 20 heavy (non-hydrogen) atoms. The van der Waals surface area contributed by atoms with E-state index >= 15 is 0 Å². The number of aliphatic hydroxyl groups is 1. The van der Waals surface area contributed by atoms with Crippen molar-refractivity contribution in [2.24, 2.45) is 0 Å². The zero-order valence-electron chi connectivity index (χ0n) is 10.7. The van der Waals surface area contributed by atoms with E-state index in [0.717, 1.165) is 0 Å². The fourth-order valence-electron chi connectivity index (χ4n) is 1.95. The molecule has 1 heterocycles. The Labute approximate surface area is 124 Å². The predicted octanol–water partition coefficient (Wildman–Crippen LogP) is 1.19. The molecule has 110 valence electrons. The van der Waals surface area contributed by atoms with Crippen molar-refractivity contribution in [1.29, 1.82) is 0 Å². The van der Waals surface area contributed by atoms with E-state index in [4.69, 9.17) is 9.47 Å². The smallest absolute Gasteiger partial charge is 0.260 e. The van der Waals surface area contributed by atoms with Crippen LogP contribution in [-0.2, 0) is 9.53 Å². The van der Waals surface area contributed by atoms with Crippen LogP contribution in [0.3, 0.4) is 0 Å². The Bertz CT molecular complexity index is 485. The third-order valence-electron chi connectivity index (χ3n) is 3.00. The third kappa shape index (κ3) is 3.68. The van der Waals surface area contributed by atoms with E-state index in [0.29, 0.717) is 24.2 Å². The summed E-state index contributed by atoms with van der Waals surface area (Å²) in [5.41, 5.74) is 0. The maximum Gasteiger partial charge on any atom is 0.260 e. The molecule has 0 spiro atoms. The van der Waals surface area contributed by atoms with Crippen LogP contribution in [0, 0.1) is 5.82 Å². The summed E-state index contributed by atoms with van der Waals surface area (Å²) in [5.74, 6) is -0.808. The van der Waals surface area contributed by atoms with E-state index in [2.05, 4.69) is 15.9 Å². The second-order valence-electron chi connectivity index (χ2n) is 4.36. The Kier molecular flexibility index (Phi) is 5.33. The number of rotatable bonds is 4. The molecule has 1 saturated heterocycles. The fourth-order valence-corrected chi connectivity index (χ4v) is 2.28. The third-order valence-corrected chi connectivity index (χ3v) is 3.50. The fraction of sp³-hybridized carbons (Fsp3) is 0.462. The lowest BCUT2D eigenvalue weighted by molar-refractivity contribution is -0.143. The van der Waals surface area contributed by atoms with Gasteiger partial charge in [0, 0.05) is 11.0 Å². The monoisotopic (exact) mass is 347 g/mol. The number of hydrogen-bond acceptors (Lipinski definition) is 4. The van der Waals surface area contributed by atoms with Crippen LogP contribution in [0.4, 0.5) is 4.39 Å². The summed E-state index contributed by atoms with van der Waals surface area (Å²) in [6.45, 7) is 0.688. The highest BCUT2D eigenvalue weighted by atomic mass is 79.9. The SMILES string of the molecule is O=C(COc1ccc(Br)cc1F)N1CCOCC1CO. The number of carbonyl (C=O) groups excluding carboxylic acids is 1. The molecule has 1 atom stereocenters. The molecule has 0 saturated carbocycles. The lowest BCUT2D eigenvalue weighted by atomic mass is 10.2. The molecule has 5 nitrogen and oxygen atoms in total. The molecule has 0 bridgehead atoms. The molecular weight excluding hydrogens is 333 g/mol. The van der Waals surface area contributed by atoms with Crippen LogP contribution in [-0.4, -0.2) is 54.9 Å². The summed E-state index contributed by atoms with van der Waals surface area (Å²) in [6, 6.07) is 3.99. The van der Waals surface area contributed by atoms with Crippen LogP contribution in [0.1, 0.15) is 0 Å². The highest BCUT2D eigenvalue weighted by Gasteiger charge is 2.27. The number of carbonyl (C=O) groups is 1. The van der Waals surface area contributed by atoms with E-state index in [-0.39, 0.29) is 30.9 Å². The van der Waals surface area contributed by atoms with Gasteiger partial charge in [0.25, 0.3) is 5.91 Å². The molecule has 0 aliphatic carbocycles. The summed E-state index contributed by atoms with van der Waals surface area (Å²) >= 11 is 3.14. The zero-order chi connectivity index (χ0) is 14.5. The van der Waals surface area contributed by atoms with Gasteiger partial charge in [0.05, 0.1) is 25.9 Å². The maximum absolute atomic E-state index is 13.5. The molecular formula is C13H15BrFNO4. The molecule has 2 rings (SSSR count). The van der Waals surface area contributed by atoms with Gasteiger partial charge in [-0.25, -0.2) is 4.39 Å². The first-order valence-corrected chi connectivity index (χ1v) is 6.97. The van der Waals surface area contributed by atoms with Gasteiger partial charge in [-0.1, -0.05) is 15.9 Å². The molecule has 1 aliphatic heterocycles. The Morgan fingerprint density at radius 3 is 3.10 bits per heavy atom. The minimum Gasteiger partial charge on any atom is -0.481 e. The van der Waals surface area contributed by atoms with Gasteiger partial charge in [-0.05, 0) is 18.2 Å². The van der Waals surface area contributed by atoms with Gasteiger partial charge >= 0.3 is 0 Å². The van der Waals surface area contributed by atoms with Crippen molar-refractivity contribution in [2.45, 2.75) is 6.04 Å². The van der Waals surface area contributed by atoms with E-state index in [9.17, 15) is 14.3 Å². The summed E-state index contributed by atoms with van der Waals surface area (Å²) in [7, 11) is 0. The van der Waals surface area contributed by atoms with Gasteiger partial charge in [0.2, 0.25) is 0 Å². The number of aliphatic hydroxyl groups excluding tert-OH is 1. The first-order valence-electron chi connectivity index (χ1n) is 6.17. The first-order chi connectivity index (χ1) is 9.61. The molecule has 0 radical (unpaired) electrons. The minimum atomic E-state index is -0.534. The van der Waals surface area contributed by atoms with Crippen LogP contribution in [0.15, 0.2) is 22.7 Å². The summed E-state index contributed by atoms with van der Waals surface area (Å²) in [5, 5.41) is 9.19. The number of morpholine rings is 1. The van der Waals surface area contributed by atoms with Crippen LogP contribution in [0.2, 0.25) is 0 Å². The lowest BCUT2D eigenvalue weighted by Gasteiger charge is -2.34. The molecule has 1 amide bonds. The van der Waals surface area contributed by atoms with Crippen molar-refractivity contribution in [3.8, 4) is 5.75 Å². The quantitative estimate of drug-likeness (QED) is 0.888. The number of ether oxygens (including phenoxy) is 2. The molecule has 1 aromatic carbocycles. The number of amides is 1. The van der Waals surface area contributed by atoms with Crippen molar-refractivity contribution in [1.82, 2.24) is 4.90 Å². The van der Waals surface area contributed by atoms with E-state index in [1.807, 2.05) is 0 Å². The van der Waals surface area contributed by atoms with Crippen LogP contribution in [0.5, 0.6) is 5.75 Å². The van der Waals surface area contributed by atoms with E-state index in [1.165, 1.54) is 17.0 Å². The van der Waals surface area contributed by atoms with Crippen molar-refractivity contribution in [3.63, 3.8) is 0 Å². The van der Waals surface area contributed by atoms with Gasteiger partial charge in [0.15, 0.2) is 18.2 Å². The molecule has 1 aliphatic rings. The molecule has 7 heteroatoms. The lowest BCUT2D eigenvalue weighted by Crippen LogP contribution is -2.51. The number of benzene rings is 1. The molecule has 1 fully saturated rings. The summed E-state index contributed by atoms with van der Waals surface area (Å²) in [4.78, 5) is 13.5. The highest BCUT2D eigenvalue weighted by molar-refractivity contribution is 9.10. The Hall–Kier alpha value is -1.18. The molecule has 1 N–H and O–H groups in total. The van der Waals surface area contributed by atoms with Gasteiger partial charge in [-0.3, -0.25) is 4.79 Å². The summed E-state index contributed by atoms with van der Waals surface area (Å²) in [6.07, 6.45) is 0. The van der Waals surface area contributed by atoms with Crippen molar-refractivity contribution in [2.75, 3.05) is 33.0 Å². The molecule has 1 aromatic rings. The Morgan fingerprint density at radius 1 is 1.60 bits per heavy atom. The zero-order valence-corrected chi connectivity index (χ0v) is 12.3. The predicted molar refractivity (Wildman–Crippen MR) is 73.0 cm³/mol. The summed E-state index contributed by atoms with van der Waals surface area (Å²) < 4.78 is 24.5.